The molecule has 2 aromatic heterocycles. The Balaban J connectivity index is 1.65. The van der Waals surface area contributed by atoms with E-state index < -0.39 is 0 Å². The molecule has 2 N–H and O–H groups in total. The smallest absolute Gasteiger partial charge is 0.272 e. The molecule has 122 valence electrons. The van der Waals surface area contributed by atoms with Crippen LogP contribution in [-0.2, 0) is 0 Å². The number of rotatable bonds is 4. The van der Waals surface area contributed by atoms with Gasteiger partial charge in [0, 0.05) is 23.6 Å². The van der Waals surface area contributed by atoms with Crippen LogP contribution in [0.2, 0.25) is 0 Å². The molecule has 5 nitrogen and oxygen atoms in total. The highest BCUT2D eigenvalue weighted by atomic mass is 16.3. The van der Waals surface area contributed by atoms with Gasteiger partial charge in [0.15, 0.2) is 5.69 Å². The van der Waals surface area contributed by atoms with E-state index in [1.54, 1.807) is 0 Å². The zero-order valence-electron chi connectivity index (χ0n) is 13.5. The molecule has 0 bridgehead atoms. The normalized spacial score (nSPS) is 27.5. The van der Waals surface area contributed by atoms with Crippen LogP contribution in [0.25, 0.3) is 5.52 Å². The number of fused-ring (bicyclic) bond motifs is 1. The molecule has 2 aromatic rings. The first-order chi connectivity index (χ1) is 11.1. The average Bonchev–Trinajstić information content (AvgIpc) is 3.24. The van der Waals surface area contributed by atoms with Crippen molar-refractivity contribution in [2.75, 3.05) is 6.61 Å². The number of aliphatic hydroxyl groups is 1. The number of pyridine rings is 1. The number of imidazole rings is 1. The summed E-state index contributed by atoms with van der Waals surface area (Å²) >= 11 is 0. The maximum absolute atomic E-state index is 12.8. The van der Waals surface area contributed by atoms with E-state index in [1.807, 2.05) is 35.7 Å². The first-order valence-corrected chi connectivity index (χ1v) is 8.51. The number of hydrogen-bond acceptors (Lipinski definition) is 3. The zero-order valence-corrected chi connectivity index (χ0v) is 13.5. The second kappa shape index (κ2) is 5.34. The number of amides is 1. The van der Waals surface area contributed by atoms with Gasteiger partial charge in [-0.25, -0.2) is 4.98 Å². The van der Waals surface area contributed by atoms with Gasteiger partial charge in [-0.15, -0.1) is 0 Å². The van der Waals surface area contributed by atoms with Crippen molar-refractivity contribution < 1.29 is 9.90 Å². The molecule has 0 aliphatic heterocycles. The largest absolute Gasteiger partial charge is 0.396 e. The van der Waals surface area contributed by atoms with Gasteiger partial charge in [-0.2, -0.15) is 0 Å². The highest BCUT2D eigenvalue weighted by Crippen LogP contribution is 2.40. The summed E-state index contributed by atoms with van der Waals surface area (Å²) in [7, 11) is 0. The summed E-state index contributed by atoms with van der Waals surface area (Å²) < 4.78 is 2.05. The predicted molar refractivity (Wildman–Crippen MR) is 87.5 cm³/mol. The van der Waals surface area contributed by atoms with Gasteiger partial charge in [-0.05, 0) is 37.8 Å². The average molecular weight is 313 g/mol. The van der Waals surface area contributed by atoms with Gasteiger partial charge in [0.1, 0.15) is 5.82 Å². The van der Waals surface area contributed by atoms with E-state index in [9.17, 15) is 9.90 Å². The van der Waals surface area contributed by atoms with E-state index >= 15 is 0 Å². The van der Waals surface area contributed by atoms with Crippen molar-refractivity contribution in [1.82, 2.24) is 14.7 Å². The van der Waals surface area contributed by atoms with E-state index in [2.05, 4.69) is 10.3 Å². The summed E-state index contributed by atoms with van der Waals surface area (Å²) in [5, 5.41) is 12.8. The minimum absolute atomic E-state index is 0.0184. The summed E-state index contributed by atoms with van der Waals surface area (Å²) in [5.41, 5.74) is 1.17. The molecule has 0 radical (unpaired) electrons. The van der Waals surface area contributed by atoms with E-state index in [1.165, 1.54) is 0 Å². The van der Waals surface area contributed by atoms with Crippen molar-refractivity contribution in [1.29, 1.82) is 0 Å². The highest BCUT2D eigenvalue weighted by molar-refractivity contribution is 5.99. The molecule has 2 aliphatic carbocycles. The summed E-state index contributed by atoms with van der Waals surface area (Å²) in [5.74, 6) is 1.37. The number of aromatic nitrogens is 2. The Labute approximate surface area is 135 Å². The van der Waals surface area contributed by atoms with Gasteiger partial charge >= 0.3 is 0 Å². The lowest BCUT2D eigenvalue weighted by Gasteiger charge is -2.29. The third-order valence-corrected chi connectivity index (χ3v) is 5.48. The summed E-state index contributed by atoms with van der Waals surface area (Å²) in [6.07, 6.45) is 7.20. The minimum Gasteiger partial charge on any atom is -0.396 e. The molecule has 2 aliphatic rings. The second-order valence-corrected chi connectivity index (χ2v) is 7.28. The molecule has 0 spiro atoms. The third kappa shape index (κ3) is 2.43. The molecule has 1 amide bonds. The van der Waals surface area contributed by atoms with Crippen LogP contribution in [0.15, 0.2) is 24.4 Å². The number of carbonyl (C=O) groups excluding carboxylic acids is 1. The SMILES string of the molecule is CC1(CO)CCCC1NC(=O)c1nc(C2CC2)n2ccccc12. The van der Waals surface area contributed by atoms with Gasteiger partial charge in [0.25, 0.3) is 5.91 Å². The van der Waals surface area contributed by atoms with Crippen molar-refractivity contribution in [3.05, 3.63) is 35.9 Å². The number of nitrogens with one attached hydrogen (secondary N) is 1. The highest BCUT2D eigenvalue weighted by Gasteiger charge is 2.40. The molecule has 4 rings (SSSR count). The Morgan fingerprint density at radius 3 is 3.00 bits per heavy atom. The Kier molecular flexibility index (Phi) is 3.41. The molecule has 2 saturated carbocycles. The van der Waals surface area contributed by atoms with Crippen molar-refractivity contribution >= 4 is 11.4 Å². The van der Waals surface area contributed by atoms with Crippen LogP contribution in [0.5, 0.6) is 0 Å². The Bertz CT molecular complexity index is 750. The molecule has 2 fully saturated rings. The number of aliphatic hydroxyl groups excluding tert-OH is 1. The fourth-order valence-electron chi connectivity index (χ4n) is 3.75. The Morgan fingerprint density at radius 2 is 2.26 bits per heavy atom. The Morgan fingerprint density at radius 1 is 1.43 bits per heavy atom. The van der Waals surface area contributed by atoms with Crippen LogP contribution >= 0.6 is 0 Å². The maximum Gasteiger partial charge on any atom is 0.272 e. The fourth-order valence-corrected chi connectivity index (χ4v) is 3.75. The zero-order chi connectivity index (χ0) is 16.0. The van der Waals surface area contributed by atoms with Gasteiger partial charge in [0.05, 0.1) is 12.1 Å². The second-order valence-electron chi connectivity index (χ2n) is 7.28. The van der Waals surface area contributed by atoms with E-state index in [-0.39, 0.29) is 24.0 Å². The molecule has 2 unspecified atom stereocenters. The minimum atomic E-state index is -0.218. The maximum atomic E-state index is 12.8. The van der Waals surface area contributed by atoms with Crippen LogP contribution < -0.4 is 5.32 Å². The van der Waals surface area contributed by atoms with Crippen LogP contribution in [0.4, 0.5) is 0 Å². The van der Waals surface area contributed by atoms with Crippen molar-refractivity contribution in [3.8, 4) is 0 Å². The van der Waals surface area contributed by atoms with Crippen LogP contribution in [0.1, 0.15) is 61.3 Å². The van der Waals surface area contributed by atoms with Crippen LogP contribution in [0, 0.1) is 5.41 Å². The molecule has 0 aromatic carbocycles. The standard InChI is InChI=1S/C18H23N3O2/c1-18(11-22)9-4-6-14(18)19-17(23)15-13-5-2-3-10-21(13)16(20-15)12-7-8-12/h2-3,5,10,12,14,22H,4,6-9,11H2,1H3,(H,19,23). The summed E-state index contributed by atoms with van der Waals surface area (Å²) in [6, 6.07) is 5.89. The molecular formula is C18H23N3O2. The van der Waals surface area contributed by atoms with E-state index in [0.29, 0.717) is 11.6 Å². The lowest BCUT2D eigenvalue weighted by Crippen LogP contribution is -2.44. The van der Waals surface area contributed by atoms with E-state index in [0.717, 1.165) is 43.4 Å². The number of carbonyl (C=O) groups is 1. The lowest BCUT2D eigenvalue weighted by molar-refractivity contribution is 0.0828. The quantitative estimate of drug-likeness (QED) is 0.911. The third-order valence-electron chi connectivity index (χ3n) is 5.48. The lowest BCUT2D eigenvalue weighted by atomic mass is 9.86. The Hall–Kier alpha value is -1.88. The van der Waals surface area contributed by atoms with Gasteiger partial charge in [-0.3, -0.25) is 4.79 Å². The van der Waals surface area contributed by atoms with Crippen LogP contribution in [0.3, 0.4) is 0 Å². The molecule has 23 heavy (non-hydrogen) atoms. The molecule has 5 heteroatoms. The molecule has 2 heterocycles. The molecular weight excluding hydrogens is 290 g/mol. The van der Waals surface area contributed by atoms with E-state index in [4.69, 9.17) is 0 Å². The molecule has 2 atom stereocenters. The van der Waals surface area contributed by atoms with Gasteiger partial charge in [0.2, 0.25) is 0 Å². The van der Waals surface area contributed by atoms with Gasteiger partial charge in [-0.1, -0.05) is 19.4 Å². The number of hydrogen-bond donors (Lipinski definition) is 2. The topological polar surface area (TPSA) is 66.6 Å². The van der Waals surface area contributed by atoms with Crippen LogP contribution in [-0.4, -0.2) is 33.0 Å². The molecule has 0 saturated heterocycles. The summed E-state index contributed by atoms with van der Waals surface area (Å²) in [4.78, 5) is 17.5. The predicted octanol–water partition coefficient (Wildman–Crippen LogP) is 2.49. The summed E-state index contributed by atoms with van der Waals surface area (Å²) in [6.45, 7) is 2.15. The first-order valence-electron chi connectivity index (χ1n) is 8.51. The van der Waals surface area contributed by atoms with Gasteiger partial charge < -0.3 is 14.8 Å². The fraction of sp³-hybridized carbons (Fsp3) is 0.556. The number of nitrogens with zero attached hydrogens (tertiary/aromatic N) is 2. The monoisotopic (exact) mass is 313 g/mol. The van der Waals surface area contributed by atoms with Crippen molar-refractivity contribution in [2.45, 2.75) is 51.0 Å². The van der Waals surface area contributed by atoms with Crippen molar-refractivity contribution in [2.24, 2.45) is 5.41 Å². The first kappa shape index (κ1) is 14.7. The van der Waals surface area contributed by atoms with Crippen molar-refractivity contribution in [3.63, 3.8) is 0 Å².